The Morgan fingerprint density at radius 1 is 1.10 bits per heavy atom. The molecule has 0 aliphatic heterocycles. The molecule has 0 spiro atoms. The maximum atomic E-state index is 11.4. The number of rotatable bonds is 6. The van der Waals surface area contributed by atoms with E-state index in [4.69, 9.17) is 0 Å². The van der Waals surface area contributed by atoms with Crippen LogP contribution in [-0.2, 0) is 22.4 Å². The molecular weight excluding hydrogens is 376 g/mol. The second-order valence-corrected chi connectivity index (χ2v) is 7.62. The first-order valence-electron chi connectivity index (χ1n) is 10.1. The molecule has 3 aromatic rings. The molecule has 0 radical (unpaired) electrons. The van der Waals surface area contributed by atoms with E-state index >= 15 is 0 Å². The van der Waals surface area contributed by atoms with Crippen molar-refractivity contribution in [3.8, 4) is 0 Å². The Morgan fingerprint density at radius 2 is 1.87 bits per heavy atom. The fourth-order valence-electron chi connectivity index (χ4n) is 4.01. The number of H-pyrrole nitrogens is 1. The van der Waals surface area contributed by atoms with Crippen LogP contribution < -0.4 is 5.32 Å². The summed E-state index contributed by atoms with van der Waals surface area (Å²) >= 11 is 0. The van der Waals surface area contributed by atoms with Crippen molar-refractivity contribution in [1.82, 2.24) is 10.3 Å². The van der Waals surface area contributed by atoms with Gasteiger partial charge in [0.05, 0.1) is 6.42 Å². The van der Waals surface area contributed by atoms with Gasteiger partial charge in [-0.2, -0.15) is 0 Å². The third-order valence-corrected chi connectivity index (χ3v) is 5.34. The van der Waals surface area contributed by atoms with E-state index < -0.39 is 5.97 Å². The number of allylic oxidation sites excluding steroid dienone is 4. The summed E-state index contributed by atoms with van der Waals surface area (Å²) in [7, 11) is 0. The Bertz CT molecular complexity index is 1170. The standard InChI is InChI=1S/C25H24N2O3/c1-16(28)26-20-6-4-5-19(14-20)18-11-9-17(10-12-18)13-24-22(15-25(29)30)21-7-2-3-8-23(21)27-24/h2-3,5,7-12,14,27H,4,6,13,15H2,1H3,(H,26,28)(H,29,30). The monoisotopic (exact) mass is 400 g/mol. The van der Waals surface area contributed by atoms with Crippen LogP contribution in [0.4, 0.5) is 0 Å². The summed E-state index contributed by atoms with van der Waals surface area (Å²) in [6.45, 7) is 1.52. The molecule has 1 aromatic heterocycles. The molecule has 5 nitrogen and oxygen atoms in total. The smallest absolute Gasteiger partial charge is 0.307 e. The van der Waals surface area contributed by atoms with Crippen LogP contribution in [0.5, 0.6) is 0 Å². The van der Waals surface area contributed by atoms with Gasteiger partial charge in [0.25, 0.3) is 0 Å². The van der Waals surface area contributed by atoms with E-state index in [-0.39, 0.29) is 12.3 Å². The van der Waals surface area contributed by atoms with E-state index in [0.717, 1.165) is 57.4 Å². The van der Waals surface area contributed by atoms with E-state index in [0.29, 0.717) is 6.42 Å². The first kappa shape index (κ1) is 19.7. The summed E-state index contributed by atoms with van der Waals surface area (Å²) in [5, 5.41) is 13.2. The van der Waals surface area contributed by atoms with Gasteiger partial charge in [0.1, 0.15) is 0 Å². The topological polar surface area (TPSA) is 82.2 Å². The molecule has 1 heterocycles. The highest BCUT2D eigenvalue weighted by Crippen LogP contribution is 2.27. The summed E-state index contributed by atoms with van der Waals surface area (Å²) in [6.07, 6.45) is 6.60. The molecule has 0 bridgehead atoms. The summed E-state index contributed by atoms with van der Waals surface area (Å²) in [5.74, 6) is -0.879. The van der Waals surface area contributed by atoms with Crippen molar-refractivity contribution in [2.45, 2.75) is 32.6 Å². The largest absolute Gasteiger partial charge is 0.481 e. The lowest BCUT2D eigenvalue weighted by Gasteiger charge is -2.15. The quantitative estimate of drug-likeness (QED) is 0.566. The Morgan fingerprint density at radius 3 is 2.60 bits per heavy atom. The number of carbonyl (C=O) groups excluding carboxylic acids is 1. The van der Waals surface area contributed by atoms with Gasteiger partial charge >= 0.3 is 5.97 Å². The number of nitrogens with one attached hydrogen (secondary N) is 2. The maximum Gasteiger partial charge on any atom is 0.307 e. The second kappa shape index (κ2) is 8.41. The van der Waals surface area contributed by atoms with Gasteiger partial charge in [-0.25, -0.2) is 0 Å². The molecule has 152 valence electrons. The van der Waals surface area contributed by atoms with E-state index in [1.54, 1.807) is 0 Å². The SMILES string of the molecule is CC(=O)NC1=CC(c2ccc(Cc3[nH]c4ccccc4c3CC(=O)O)cc2)=CCC1. The van der Waals surface area contributed by atoms with E-state index in [2.05, 4.69) is 40.6 Å². The third-order valence-electron chi connectivity index (χ3n) is 5.34. The number of fused-ring (bicyclic) bond motifs is 1. The molecule has 1 amide bonds. The minimum Gasteiger partial charge on any atom is -0.481 e. The van der Waals surface area contributed by atoms with Crippen molar-refractivity contribution in [2.75, 3.05) is 0 Å². The highest BCUT2D eigenvalue weighted by molar-refractivity contribution is 5.88. The molecule has 2 aromatic carbocycles. The number of benzene rings is 2. The van der Waals surface area contributed by atoms with Crippen LogP contribution in [-0.4, -0.2) is 22.0 Å². The summed E-state index contributed by atoms with van der Waals surface area (Å²) in [5.41, 5.74) is 7.01. The van der Waals surface area contributed by atoms with Crippen molar-refractivity contribution in [3.63, 3.8) is 0 Å². The van der Waals surface area contributed by atoms with E-state index in [1.165, 1.54) is 6.92 Å². The van der Waals surface area contributed by atoms with Crippen LogP contribution >= 0.6 is 0 Å². The Kier molecular flexibility index (Phi) is 5.53. The van der Waals surface area contributed by atoms with Gasteiger partial charge in [0.15, 0.2) is 0 Å². The summed E-state index contributed by atoms with van der Waals surface area (Å²) in [4.78, 5) is 26.1. The number of aliphatic carboxylic acids is 1. The zero-order valence-electron chi connectivity index (χ0n) is 16.9. The number of carboxylic acid groups (broad SMARTS) is 1. The Hall–Kier alpha value is -3.60. The molecule has 1 aliphatic carbocycles. The number of aromatic nitrogens is 1. The Balaban J connectivity index is 1.57. The summed E-state index contributed by atoms with van der Waals surface area (Å²) < 4.78 is 0. The zero-order chi connectivity index (χ0) is 21.1. The number of carboxylic acids is 1. The van der Waals surface area contributed by atoms with Crippen molar-refractivity contribution in [3.05, 3.63) is 88.8 Å². The first-order valence-corrected chi connectivity index (χ1v) is 10.1. The minimum absolute atomic E-state index is 0.00103. The fourth-order valence-corrected chi connectivity index (χ4v) is 4.01. The van der Waals surface area contributed by atoms with Crippen molar-refractivity contribution in [1.29, 1.82) is 0 Å². The average Bonchev–Trinajstić information content (AvgIpc) is 3.05. The fraction of sp³-hybridized carbons (Fsp3) is 0.200. The molecule has 30 heavy (non-hydrogen) atoms. The predicted molar refractivity (Wildman–Crippen MR) is 118 cm³/mol. The zero-order valence-corrected chi connectivity index (χ0v) is 16.9. The lowest BCUT2D eigenvalue weighted by atomic mass is 9.95. The van der Waals surface area contributed by atoms with Crippen LogP contribution in [0, 0.1) is 0 Å². The molecule has 1 aliphatic rings. The van der Waals surface area contributed by atoms with Crippen LogP contribution in [0.25, 0.3) is 16.5 Å². The number of carbonyl (C=O) groups is 2. The van der Waals surface area contributed by atoms with E-state index in [9.17, 15) is 14.7 Å². The molecule has 4 rings (SSSR count). The molecule has 0 atom stereocenters. The number of amides is 1. The van der Waals surface area contributed by atoms with E-state index in [1.807, 2.05) is 30.3 Å². The molecule has 0 saturated carbocycles. The van der Waals surface area contributed by atoms with Crippen LogP contribution in [0.3, 0.4) is 0 Å². The lowest BCUT2D eigenvalue weighted by Crippen LogP contribution is -2.20. The normalized spacial score (nSPS) is 13.6. The van der Waals surface area contributed by atoms with Crippen LogP contribution in [0.2, 0.25) is 0 Å². The lowest BCUT2D eigenvalue weighted by molar-refractivity contribution is -0.136. The molecule has 5 heteroatoms. The van der Waals surface area contributed by atoms with Crippen molar-refractivity contribution < 1.29 is 14.7 Å². The van der Waals surface area contributed by atoms with Gasteiger partial charge in [-0.1, -0.05) is 48.5 Å². The first-order chi connectivity index (χ1) is 14.5. The van der Waals surface area contributed by atoms with Gasteiger partial charge in [0.2, 0.25) is 5.91 Å². The van der Waals surface area contributed by atoms with Gasteiger partial charge in [-0.3, -0.25) is 9.59 Å². The van der Waals surface area contributed by atoms with Crippen LogP contribution in [0.1, 0.15) is 42.1 Å². The Labute approximate surface area is 175 Å². The predicted octanol–water partition coefficient (Wildman–Crippen LogP) is 4.58. The maximum absolute atomic E-state index is 11.4. The minimum atomic E-state index is -0.831. The summed E-state index contributed by atoms with van der Waals surface area (Å²) in [6, 6.07) is 16.1. The number of para-hydroxylation sites is 1. The molecule has 0 unspecified atom stereocenters. The highest BCUT2D eigenvalue weighted by Gasteiger charge is 2.15. The number of hydrogen-bond donors (Lipinski definition) is 3. The number of hydrogen-bond acceptors (Lipinski definition) is 2. The highest BCUT2D eigenvalue weighted by atomic mass is 16.4. The third kappa shape index (κ3) is 4.35. The number of aromatic amines is 1. The van der Waals surface area contributed by atoms with Gasteiger partial charge < -0.3 is 15.4 Å². The van der Waals surface area contributed by atoms with Gasteiger partial charge in [0, 0.05) is 35.6 Å². The van der Waals surface area contributed by atoms with Crippen molar-refractivity contribution in [2.24, 2.45) is 0 Å². The molecular formula is C25H24N2O3. The van der Waals surface area contributed by atoms with Crippen LogP contribution in [0.15, 0.2) is 66.4 Å². The second-order valence-electron chi connectivity index (χ2n) is 7.62. The van der Waals surface area contributed by atoms with Crippen molar-refractivity contribution >= 4 is 28.4 Å². The molecule has 0 fully saturated rings. The molecule has 3 N–H and O–H groups in total. The van der Waals surface area contributed by atoms with Gasteiger partial charge in [-0.15, -0.1) is 0 Å². The molecule has 0 saturated heterocycles. The van der Waals surface area contributed by atoms with Gasteiger partial charge in [-0.05, 0) is 47.2 Å². The average molecular weight is 400 g/mol.